The van der Waals surface area contributed by atoms with Crippen molar-refractivity contribution in [2.75, 3.05) is 13.2 Å². The molecule has 4 rings (SSSR count). The number of esters is 1. The van der Waals surface area contributed by atoms with E-state index in [1.807, 2.05) is 6.92 Å². The predicted octanol–water partition coefficient (Wildman–Crippen LogP) is 5.04. The fraction of sp³-hybridized carbons (Fsp3) is 0.917. The minimum Gasteiger partial charge on any atom is -0.466 e. The summed E-state index contributed by atoms with van der Waals surface area (Å²) in [5, 5.41) is 13.2. The summed E-state index contributed by atoms with van der Waals surface area (Å²) in [5.74, 6) is 1.04. The van der Waals surface area contributed by atoms with E-state index in [0.717, 1.165) is 38.5 Å². The second-order valence-electron chi connectivity index (χ2n) is 11.2. The number of isothiocyanates is 1. The smallest absolute Gasteiger partial charge is 0.312 e. The normalized spacial score (nSPS) is 50.8. The number of nitrogens with zero attached hydrogens (tertiary/aromatic N) is 1. The zero-order valence-corrected chi connectivity index (χ0v) is 19.3. The number of aliphatic hydroxyl groups excluding tert-OH is 1. The van der Waals surface area contributed by atoms with Gasteiger partial charge >= 0.3 is 5.97 Å². The van der Waals surface area contributed by atoms with Crippen LogP contribution in [0, 0.1) is 39.4 Å². The number of thiocarbonyl (C=S) groups is 1. The van der Waals surface area contributed by atoms with Crippen molar-refractivity contribution in [2.24, 2.45) is 44.4 Å². The lowest BCUT2D eigenvalue weighted by molar-refractivity contribution is -0.193. The Hall–Kier alpha value is -0.770. The first-order valence-corrected chi connectivity index (χ1v) is 12.0. The van der Waals surface area contributed by atoms with Crippen molar-refractivity contribution < 1.29 is 14.6 Å². The number of fused-ring (bicyclic) bond motifs is 3. The molecular weight excluding hydrogens is 382 g/mol. The summed E-state index contributed by atoms with van der Waals surface area (Å²) < 4.78 is 5.57. The minimum absolute atomic E-state index is 0.000774. The molecule has 0 aromatic heterocycles. The molecule has 4 aliphatic rings. The van der Waals surface area contributed by atoms with Gasteiger partial charge in [-0.2, -0.15) is 0 Å². The Morgan fingerprint density at radius 2 is 1.90 bits per heavy atom. The second kappa shape index (κ2) is 7.14. The molecule has 0 aromatic rings. The molecule has 1 unspecified atom stereocenters. The Bertz CT molecular complexity index is 736. The zero-order chi connectivity index (χ0) is 21.1. The molecule has 0 heterocycles. The predicted molar refractivity (Wildman–Crippen MR) is 117 cm³/mol. The van der Waals surface area contributed by atoms with E-state index in [9.17, 15) is 9.90 Å². The SMILES string of the molecule is CCOC(=O)[C@]1(C)CCC[C@@]2(C)[C@@H]3CC[C@@]4(C)C[C@]3(CC[C@@H]21)[C@H](CO)C4N=C=S. The molecule has 0 aromatic carbocycles. The van der Waals surface area contributed by atoms with Gasteiger partial charge in [-0.3, -0.25) is 4.79 Å². The third kappa shape index (κ3) is 2.76. The van der Waals surface area contributed by atoms with Crippen LogP contribution in [0.2, 0.25) is 0 Å². The lowest BCUT2D eigenvalue weighted by Crippen LogP contribution is -2.60. The van der Waals surface area contributed by atoms with Gasteiger partial charge in [-0.1, -0.05) is 20.3 Å². The van der Waals surface area contributed by atoms with Gasteiger partial charge in [0.1, 0.15) is 0 Å². The number of aliphatic hydroxyl groups is 1. The second-order valence-corrected chi connectivity index (χ2v) is 11.4. The third-order valence-corrected chi connectivity index (χ3v) is 10.2. The van der Waals surface area contributed by atoms with E-state index in [0.29, 0.717) is 18.4 Å². The standard InChI is InChI=1S/C24H37NO3S/c1-5-28-20(27)23(4)10-6-9-22(3)17(23)8-12-24-14-21(2,11-7-18(22)24)19(25-15-29)16(24)13-26/h16-19,26H,5-14H2,1-4H3/t16-,17+,18+,19?,21+,22-,23-,24-/m1/s1. The molecule has 4 nitrogen and oxygen atoms in total. The van der Waals surface area contributed by atoms with Crippen LogP contribution in [0.3, 0.4) is 0 Å². The van der Waals surface area contributed by atoms with E-state index in [1.54, 1.807) is 0 Å². The van der Waals surface area contributed by atoms with Crippen LogP contribution in [0.25, 0.3) is 0 Å². The minimum atomic E-state index is -0.384. The summed E-state index contributed by atoms with van der Waals surface area (Å²) >= 11 is 4.99. The molecule has 5 heteroatoms. The highest BCUT2D eigenvalue weighted by molar-refractivity contribution is 7.78. The van der Waals surface area contributed by atoms with Crippen molar-refractivity contribution in [1.29, 1.82) is 0 Å². The molecule has 4 fully saturated rings. The van der Waals surface area contributed by atoms with Gasteiger partial charge in [-0.15, -0.1) is 0 Å². The Labute approximate surface area is 180 Å². The van der Waals surface area contributed by atoms with Crippen LogP contribution in [0.15, 0.2) is 4.99 Å². The summed E-state index contributed by atoms with van der Waals surface area (Å²) in [4.78, 5) is 17.7. The summed E-state index contributed by atoms with van der Waals surface area (Å²) in [6.07, 6.45) is 8.73. The molecule has 4 saturated carbocycles. The Morgan fingerprint density at radius 1 is 1.17 bits per heavy atom. The molecule has 0 aliphatic heterocycles. The number of rotatable bonds is 4. The van der Waals surface area contributed by atoms with E-state index < -0.39 is 0 Å². The molecule has 0 radical (unpaired) electrons. The van der Waals surface area contributed by atoms with Gasteiger partial charge in [0.05, 0.1) is 23.2 Å². The van der Waals surface area contributed by atoms with E-state index in [4.69, 9.17) is 17.0 Å². The highest BCUT2D eigenvalue weighted by Crippen LogP contribution is 2.75. The van der Waals surface area contributed by atoms with E-state index in [1.165, 1.54) is 12.8 Å². The highest BCUT2D eigenvalue weighted by Gasteiger charge is 2.71. The number of aliphatic imine (C=N–C) groups is 1. The van der Waals surface area contributed by atoms with E-state index >= 15 is 0 Å². The topological polar surface area (TPSA) is 58.9 Å². The molecular formula is C24H37NO3S. The molecule has 8 atom stereocenters. The average Bonchev–Trinajstić information content (AvgIpc) is 2.84. The van der Waals surface area contributed by atoms with E-state index in [-0.39, 0.29) is 46.2 Å². The van der Waals surface area contributed by atoms with Gasteiger partial charge in [0.15, 0.2) is 0 Å². The maximum absolute atomic E-state index is 13.0. The molecule has 2 bridgehead atoms. The monoisotopic (exact) mass is 419 g/mol. The summed E-state index contributed by atoms with van der Waals surface area (Å²) in [5.41, 5.74) is -0.0496. The maximum Gasteiger partial charge on any atom is 0.312 e. The molecule has 162 valence electrons. The molecule has 1 N–H and O–H groups in total. The maximum atomic E-state index is 13.0. The first kappa shape index (κ1) is 21.5. The first-order chi connectivity index (χ1) is 13.7. The lowest BCUT2D eigenvalue weighted by Gasteiger charge is -2.65. The third-order valence-electron chi connectivity index (χ3n) is 10.1. The van der Waals surface area contributed by atoms with Gasteiger partial charge in [-0.25, -0.2) is 4.99 Å². The van der Waals surface area contributed by atoms with Crippen molar-refractivity contribution in [1.82, 2.24) is 0 Å². The zero-order valence-electron chi connectivity index (χ0n) is 18.5. The summed E-state index contributed by atoms with van der Waals surface area (Å²) in [6.45, 7) is 9.49. The van der Waals surface area contributed by atoms with Gasteiger partial charge in [0.2, 0.25) is 0 Å². The van der Waals surface area contributed by atoms with Gasteiger partial charge in [0.25, 0.3) is 0 Å². The fourth-order valence-electron chi connectivity index (χ4n) is 9.12. The molecule has 4 aliphatic carbocycles. The van der Waals surface area contributed by atoms with Gasteiger partial charge < -0.3 is 9.84 Å². The van der Waals surface area contributed by atoms with Crippen LogP contribution in [-0.4, -0.2) is 35.5 Å². The Morgan fingerprint density at radius 3 is 2.55 bits per heavy atom. The quantitative estimate of drug-likeness (QED) is 0.394. The van der Waals surface area contributed by atoms with Crippen LogP contribution < -0.4 is 0 Å². The number of ether oxygens (including phenoxy) is 1. The largest absolute Gasteiger partial charge is 0.466 e. The fourth-order valence-corrected chi connectivity index (χ4v) is 9.23. The van der Waals surface area contributed by atoms with Crippen LogP contribution >= 0.6 is 12.2 Å². The van der Waals surface area contributed by atoms with Crippen LogP contribution in [0.5, 0.6) is 0 Å². The molecule has 1 spiro atoms. The van der Waals surface area contributed by atoms with Crippen molar-refractivity contribution >= 4 is 23.3 Å². The van der Waals surface area contributed by atoms with Gasteiger partial charge in [0, 0.05) is 12.5 Å². The van der Waals surface area contributed by atoms with E-state index in [2.05, 4.69) is 30.9 Å². The van der Waals surface area contributed by atoms with Crippen molar-refractivity contribution in [3.8, 4) is 0 Å². The van der Waals surface area contributed by atoms with Crippen molar-refractivity contribution in [3.05, 3.63) is 0 Å². The average molecular weight is 420 g/mol. The molecule has 29 heavy (non-hydrogen) atoms. The van der Waals surface area contributed by atoms with Crippen LogP contribution in [0.1, 0.15) is 79.1 Å². The first-order valence-electron chi connectivity index (χ1n) is 11.6. The molecule has 0 saturated heterocycles. The van der Waals surface area contributed by atoms with Crippen LogP contribution in [0.4, 0.5) is 0 Å². The Balaban J connectivity index is 1.76. The summed E-state index contributed by atoms with van der Waals surface area (Å²) in [7, 11) is 0. The van der Waals surface area contributed by atoms with Crippen molar-refractivity contribution in [3.63, 3.8) is 0 Å². The number of hydrogen-bond acceptors (Lipinski definition) is 5. The Kier molecular flexibility index (Phi) is 5.28. The number of hydrogen-bond donors (Lipinski definition) is 1. The summed E-state index contributed by atoms with van der Waals surface area (Å²) in [6, 6.07) is 0.0789. The number of carbonyl (C=O) groups is 1. The highest BCUT2D eigenvalue weighted by atomic mass is 32.1. The number of carbonyl (C=O) groups excluding carboxylic acids is 1. The van der Waals surface area contributed by atoms with Crippen molar-refractivity contribution in [2.45, 2.75) is 85.1 Å². The van der Waals surface area contributed by atoms with Crippen LogP contribution in [-0.2, 0) is 9.53 Å². The molecule has 0 amide bonds. The lowest BCUT2D eigenvalue weighted by atomic mass is 9.39. The van der Waals surface area contributed by atoms with Gasteiger partial charge in [-0.05, 0) is 99.1 Å².